The summed E-state index contributed by atoms with van der Waals surface area (Å²) in [5.41, 5.74) is 0.888. The van der Waals surface area contributed by atoms with Crippen molar-refractivity contribution in [2.45, 2.75) is 76.6 Å². The number of rotatable bonds is 4. The van der Waals surface area contributed by atoms with E-state index in [1.807, 2.05) is 13.8 Å². The Morgan fingerprint density at radius 1 is 0.791 bits per heavy atom. The summed E-state index contributed by atoms with van der Waals surface area (Å²) in [6, 6.07) is 3.47. The Bertz CT molecular complexity index is 1280. The van der Waals surface area contributed by atoms with Crippen LogP contribution in [0.5, 0.6) is 0 Å². The van der Waals surface area contributed by atoms with Crippen LogP contribution in [0.15, 0.2) is 53.5 Å². The zero-order valence-electron chi connectivity index (χ0n) is 25.5. The first-order chi connectivity index (χ1) is 20.2. The first kappa shape index (κ1) is 35.6. The van der Waals surface area contributed by atoms with E-state index in [2.05, 4.69) is 15.4 Å². The van der Waals surface area contributed by atoms with E-state index in [-0.39, 0.29) is 36.9 Å². The largest absolute Gasteiger partial charge is 0.462 e. The van der Waals surface area contributed by atoms with Crippen molar-refractivity contribution in [1.29, 1.82) is 0 Å². The highest BCUT2D eigenvalue weighted by atomic mass is 32.2. The average molecular weight is 622 g/mol. The van der Waals surface area contributed by atoms with Crippen molar-refractivity contribution in [3.63, 3.8) is 0 Å². The molecule has 1 aliphatic heterocycles. The van der Waals surface area contributed by atoms with Gasteiger partial charge in [0.25, 0.3) is 0 Å². The Morgan fingerprint density at radius 3 is 1.79 bits per heavy atom. The van der Waals surface area contributed by atoms with E-state index >= 15 is 0 Å². The average Bonchev–Trinajstić information content (AvgIpc) is 2.94. The Labute approximate surface area is 253 Å². The number of benzene rings is 1. The Kier molecular flexibility index (Phi) is 14.0. The number of esters is 2. The first-order valence-electron chi connectivity index (χ1n) is 14.1. The quantitative estimate of drug-likeness (QED) is 0.336. The van der Waals surface area contributed by atoms with Gasteiger partial charge in [-0.05, 0) is 38.8 Å². The van der Waals surface area contributed by atoms with Gasteiger partial charge in [0.15, 0.2) is 0 Å². The molecule has 2 amide bonds. The topological polar surface area (TPSA) is 166 Å². The summed E-state index contributed by atoms with van der Waals surface area (Å²) in [6.45, 7) is 7.94. The second-order valence-corrected chi connectivity index (χ2v) is 12.4. The molecule has 0 radical (unpaired) electrons. The lowest BCUT2D eigenvalue weighted by molar-refractivity contribution is -0.151. The van der Waals surface area contributed by atoms with E-state index in [0.717, 1.165) is 5.56 Å². The summed E-state index contributed by atoms with van der Waals surface area (Å²) in [5.74, 6) is -2.98. The third kappa shape index (κ3) is 11.9. The van der Waals surface area contributed by atoms with Crippen LogP contribution in [0.1, 0.15) is 46.1 Å². The van der Waals surface area contributed by atoms with Crippen molar-refractivity contribution >= 4 is 33.8 Å². The Morgan fingerprint density at radius 2 is 1.28 bits per heavy atom. The number of hydrogen-bond acceptors (Lipinski definition) is 9. The third-order valence-electron chi connectivity index (χ3n) is 6.90. The van der Waals surface area contributed by atoms with Gasteiger partial charge >= 0.3 is 11.9 Å². The van der Waals surface area contributed by atoms with E-state index in [1.165, 1.54) is 39.2 Å². The van der Waals surface area contributed by atoms with Crippen molar-refractivity contribution in [3.05, 3.63) is 54.1 Å². The van der Waals surface area contributed by atoms with Crippen LogP contribution in [0, 0.1) is 18.8 Å². The fourth-order valence-corrected chi connectivity index (χ4v) is 5.37. The number of amides is 2. The molecule has 0 aromatic heterocycles. The third-order valence-corrected chi connectivity index (χ3v) is 8.41. The van der Waals surface area contributed by atoms with Crippen molar-refractivity contribution in [1.82, 2.24) is 15.4 Å². The summed E-state index contributed by atoms with van der Waals surface area (Å²) < 4.78 is 45.0. The van der Waals surface area contributed by atoms with Crippen molar-refractivity contribution in [3.8, 4) is 0 Å². The summed E-state index contributed by atoms with van der Waals surface area (Å²) in [6.07, 6.45) is 5.90. The van der Waals surface area contributed by atoms with Gasteiger partial charge in [0.1, 0.15) is 25.3 Å². The Balaban J connectivity index is 2.27. The molecule has 0 fully saturated rings. The van der Waals surface area contributed by atoms with E-state index in [9.17, 15) is 27.6 Å². The molecule has 12 nitrogen and oxygen atoms in total. The minimum Gasteiger partial charge on any atom is -0.462 e. The van der Waals surface area contributed by atoms with Gasteiger partial charge in [0, 0.05) is 25.9 Å². The molecule has 0 saturated heterocycles. The molecule has 43 heavy (non-hydrogen) atoms. The smallest absolute Gasteiger partial charge is 0.328 e. The molecule has 238 valence electrons. The molecule has 1 aliphatic rings. The molecule has 1 aromatic carbocycles. The summed E-state index contributed by atoms with van der Waals surface area (Å²) in [5, 5.41) is 5.14. The first-order valence-corrected chi connectivity index (χ1v) is 15.6. The number of ether oxygens (including phenoxy) is 3. The maximum Gasteiger partial charge on any atom is 0.328 e. The maximum atomic E-state index is 13.1. The summed E-state index contributed by atoms with van der Waals surface area (Å²) in [4.78, 5) is 50.1. The molecular formula is C30H43N3O9S. The normalized spacial score (nSPS) is 29.1. The van der Waals surface area contributed by atoms with Gasteiger partial charge in [-0.3, -0.25) is 9.59 Å². The van der Waals surface area contributed by atoms with Gasteiger partial charge in [-0.15, -0.1) is 0 Å². The molecule has 13 heteroatoms. The van der Waals surface area contributed by atoms with Crippen molar-refractivity contribution < 1.29 is 41.8 Å². The van der Waals surface area contributed by atoms with Crippen LogP contribution in [0.4, 0.5) is 0 Å². The number of carbonyl (C=O) groups is 4. The second-order valence-electron chi connectivity index (χ2n) is 10.6. The molecule has 0 unspecified atom stereocenters. The molecule has 1 aromatic rings. The predicted molar refractivity (Wildman–Crippen MR) is 159 cm³/mol. The molecule has 0 spiro atoms. The van der Waals surface area contributed by atoms with Crippen LogP contribution < -0.4 is 15.4 Å². The minimum absolute atomic E-state index is 0.0257. The highest BCUT2D eigenvalue weighted by Gasteiger charge is 2.27. The lowest BCUT2D eigenvalue weighted by Crippen LogP contribution is -2.45. The van der Waals surface area contributed by atoms with Crippen LogP contribution in [0.25, 0.3) is 0 Å². The molecule has 0 bridgehead atoms. The van der Waals surface area contributed by atoms with E-state index in [0.29, 0.717) is 0 Å². The van der Waals surface area contributed by atoms with Crippen LogP contribution in [0.3, 0.4) is 0 Å². The molecule has 3 N–H and O–H groups in total. The van der Waals surface area contributed by atoms with Gasteiger partial charge in [-0.1, -0.05) is 55.8 Å². The number of cyclic esters (lactones) is 2. The van der Waals surface area contributed by atoms with Gasteiger partial charge < -0.3 is 24.8 Å². The lowest BCUT2D eigenvalue weighted by Gasteiger charge is -2.24. The van der Waals surface area contributed by atoms with Gasteiger partial charge in [0.05, 0.1) is 17.0 Å². The summed E-state index contributed by atoms with van der Waals surface area (Å²) >= 11 is 0. The van der Waals surface area contributed by atoms with E-state index in [1.54, 1.807) is 37.3 Å². The highest BCUT2D eigenvalue weighted by molar-refractivity contribution is 7.89. The molecule has 2 rings (SSSR count). The number of methoxy groups -OCH3 is 1. The van der Waals surface area contributed by atoms with E-state index in [4.69, 9.17) is 14.2 Å². The SMILES string of the molecule is CO[C@@H]1COC(=O)[C@H](C)NC(=O)C/C=C/[C@@H](C)[C@H](NS(=O)(=O)c2ccc(C)cc2)COC(=O)[C@H](C)NC(=O)C/C=C/[C@H]1C. The van der Waals surface area contributed by atoms with Crippen LogP contribution >= 0.6 is 0 Å². The highest BCUT2D eigenvalue weighted by Crippen LogP contribution is 2.15. The van der Waals surface area contributed by atoms with Gasteiger partial charge in [-0.2, -0.15) is 0 Å². The molecule has 0 saturated carbocycles. The molecule has 0 aliphatic carbocycles. The zero-order chi connectivity index (χ0) is 32.2. The molecule has 6 atom stereocenters. The zero-order valence-corrected chi connectivity index (χ0v) is 26.3. The number of nitrogens with one attached hydrogen (secondary N) is 3. The standard InChI is InChI=1S/C30H43N3O9S/c1-19-13-15-24(16-14-19)43(38,39)33-25-17-41-29(36)22(4)31-28(35)12-8-10-21(3)26(40-6)18-42-30(37)23(5)32-27(34)11-7-9-20(25)2/h7-10,13-16,20-23,25-26,33H,11-12,17-18H2,1-6H3,(H,31,35)(H,32,34)/b9-7+,10-8+/t20-,21-,22+,23+,25-,26-/m1/s1. The van der Waals surface area contributed by atoms with Crippen molar-refractivity contribution in [2.24, 2.45) is 11.8 Å². The number of sulfonamides is 1. The summed E-state index contributed by atoms with van der Waals surface area (Å²) in [7, 11) is -2.51. The number of aryl methyl sites for hydroxylation is 1. The number of hydrogen-bond donors (Lipinski definition) is 3. The molecule has 1 heterocycles. The Hall–Kier alpha value is -3.55. The lowest BCUT2D eigenvalue weighted by atomic mass is 10.0. The van der Waals surface area contributed by atoms with Crippen LogP contribution in [-0.4, -0.2) is 76.7 Å². The fourth-order valence-electron chi connectivity index (χ4n) is 4.05. The van der Waals surface area contributed by atoms with Crippen molar-refractivity contribution in [2.75, 3.05) is 20.3 Å². The number of carbonyl (C=O) groups excluding carboxylic acids is 4. The minimum atomic E-state index is -3.99. The van der Waals surface area contributed by atoms with Crippen LogP contribution in [-0.2, 0) is 43.4 Å². The van der Waals surface area contributed by atoms with E-state index < -0.39 is 63.9 Å². The van der Waals surface area contributed by atoms with Gasteiger partial charge in [0.2, 0.25) is 21.8 Å². The fraction of sp³-hybridized carbons (Fsp3) is 0.533. The van der Waals surface area contributed by atoms with Gasteiger partial charge in [-0.25, -0.2) is 22.7 Å². The second kappa shape index (κ2) is 16.9. The predicted octanol–water partition coefficient (Wildman–Crippen LogP) is 1.93. The maximum absolute atomic E-state index is 13.1. The van der Waals surface area contributed by atoms with Crippen LogP contribution in [0.2, 0.25) is 0 Å². The molecular weight excluding hydrogens is 578 g/mol. The monoisotopic (exact) mass is 621 g/mol.